The molecule has 2 aromatic rings. The van der Waals surface area contributed by atoms with E-state index < -0.39 is 12.1 Å². The normalized spacial score (nSPS) is 11.3. The second kappa shape index (κ2) is 8.80. The van der Waals surface area contributed by atoms with Crippen molar-refractivity contribution in [2.75, 3.05) is 13.7 Å². The van der Waals surface area contributed by atoms with E-state index in [0.29, 0.717) is 22.6 Å². The van der Waals surface area contributed by atoms with Crippen LogP contribution in [-0.2, 0) is 9.53 Å². The molecule has 0 fully saturated rings. The molecule has 0 N–H and O–H groups in total. The van der Waals surface area contributed by atoms with Gasteiger partial charge in [-0.25, -0.2) is 4.79 Å². The van der Waals surface area contributed by atoms with Crippen molar-refractivity contribution >= 4 is 17.5 Å². The van der Waals surface area contributed by atoms with Crippen molar-refractivity contribution in [3.8, 4) is 11.5 Å². The minimum atomic E-state index is -0.931. The van der Waals surface area contributed by atoms with Crippen molar-refractivity contribution in [2.24, 2.45) is 0 Å². The highest BCUT2D eigenvalue weighted by atomic mass is 16.6. The van der Waals surface area contributed by atoms with Crippen LogP contribution >= 0.6 is 0 Å². The average molecular weight is 356 g/mol. The molecule has 0 amide bonds. The van der Waals surface area contributed by atoms with Gasteiger partial charge in [-0.1, -0.05) is 0 Å². The molecule has 2 rings (SSSR count). The molecule has 0 heterocycles. The lowest BCUT2D eigenvalue weighted by atomic mass is 10.1. The summed E-state index contributed by atoms with van der Waals surface area (Å²) >= 11 is 0. The number of esters is 1. The Labute approximate surface area is 151 Å². The zero-order valence-electron chi connectivity index (χ0n) is 14.9. The summed E-state index contributed by atoms with van der Waals surface area (Å²) in [5.41, 5.74) is 0.977. The lowest BCUT2D eigenvalue weighted by molar-refractivity contribution is -0.148. The summed E-state index contributed by atoms with van der Waals surface area (Å²) in [6.45, 7) is 2.64. The lowest BCUT2D eigenvalue weighted by Crippen LogP contribution is -2.27. The van der Waals surface area contributed by atoms with Gasteiger partial charge in [-0.05, 0) is 62.4 Å². The van der Waals surface area contributed by atoms with E-state index in [4.69, 9.17) is 14.2 Å². The third kappa shape index (κ3) is 5.17. The number of hydrogen-bond acceptors (Lipinski definition) is 6. The number of rotatable bonds is 8. The van der Waals surface area contributed by atoms with E-state index in [-0.39, 0.29) is 18.2 Å². The van der Waals surface area contributed by atoms with Gasteiger partial charge in [0, 0.05) is 11.1 Å². The van der Waals surface area contributed by atoms with Crippen LogP contribution in [0.25, 0.3) is 0 Å². The Morgan fingerprint density at radius 1 is 0.885 bits per heavy atom. The SMILES string of the molecule is COc1ccc(C(=O)C(C)OC(=O)COc2ccc(C(C)=O)cc2)cc1. The molecule has 0 spiro atoms. The second-order valence-electron chi connectivity index (χ2n) is 5.59. The summed E-state index contributed by atoms with van der Waals surface area (Å²) in [5, 5.41) is 0. The average Bonchev–Trinajstić information content (AvgIpc) is 2.66. The molecule has 1 unspecified atom stereocenters. The first kappa shape index (κ1) is 19.2. The van der Waals surface area contributed by atoms with Crippen LogP contribution in [0.3, 0.4) is 0 Å². The smallest absolute Gasteiger partial charge is 0.344 e. The monoisotopic (exact) mass is 356 g/mol. The molecule has 0 aromatic heterocycles. The molecule has 0 bridgehead atoms. The zero-order valence-corrected chi connectivity index (χ0v) is 14.9. The zero-order chi connectivity index (χ0) is 19.1. The Bertz CT molecular complexity index is 777. The molecule has 26 heavy (non-hydrogen) atoms. The first-order valence-electron chi connectivity index (χ1n) is 8.02. The van der Waals surface area contributed by atoms with Gasteiger partial charge in [0.1, 0.15) is 11.5 Å². The van der Waals surface area contributed by atoms with Gasteiger partial charge < -0.3 is 14.2 Å². The van der Waals surface area contributed by atoms with Gasteiger partial charge in [-0.15, -0.1) is 0 Å². The predicted molar refractivity (Wildman–Crippen MR) is 94.8 cm³/mol. The van der Waals surface area contributed by atoms with E-state index in [1.807, 2.05) is 0 Å². The van der Waals surface area contributed by atoms with Crippen LogP contribution in [0.15, 0.2) is 48.5 Å². The summed E-state index contributed by atoms with van der Waals surface area (Å²) in [6, 6.07) is 13.0. The summed E-state index contributed by atoms with van der Waals surface area (Å²) in [5.74, 6) is 0.0418. The molecule has 0 aliphatic heterocycles. The third-order valence-electron chi connectivity index (χ3n) is 3.67. The first-order chi connectivity index (χ1) is 12.4. The molecule has 1 atom stereocenters. The second-order valence-corrected chi connectivity index (χ2v) is 5.59. The molecule has 6 nitrogen and oxygen atoms in total. The van der Waals surface area contributed by atoms with Crippen molar-refractivity contribution < 1.29 is 28.6 Å². The first-order valence-corrected chi connectivity index (χ1v) is 8.02. The number of ketones is 2. The van der Waals surface area contributed by atoms with Crippen LogP contribution in [0.4, 0.5) is 0 Å². The molecule has 6 heteroatoms. The van der Waals surface area contributed by atoms with E-state index >= 15 is 0 Å². The van der Waals surface area contributed by atoms with Crippen LogP contribution in [0.2, 0.25) is 0 Å². The Morgan fingerprint density at radius 2 is 1.42 bits per heavy atom. The van der Waals surface area contributed by atoms with E-state index in [2.05, 4.69) is 0 Å². The van der Waals surface area contributed by atoms with Gasteiger partial charge in [0.05, 0.1) is 7.11 Å². The van der Waals surface area contributed by atoms with Gasteiger partial charge in [0.15, 0.2) is 18.5 Å². The number of Topliss-reactive ketones (excluding diaryl/α,β-unsaturated/α-hetero) is 2. The molecule has 136 valence electrons. The maximum atomic E-state index is 12.3. The van der Waals surface area contributed by atoms with Gasteiger partial charge in [-0.2, -0.15) is 0 Å². The maximum absolute atomic E-state index is 12.3. The quantitative estimate of drug-likeness (QED) is 0.534. The van der Waals surface area contributed by atoms with Crippen molar-refractivity contribution in [2.45, 2.75) is 20.0 Å². The fourth-order valence-electron chi connectivity index (χ4n) is 2.20. The largest absolute Gasteiger partial charge is 0.497 e. The van der Waals surface area contributed by atoms with Crippen molar-refractivity contribution in [3.63, 3.8) is 0 Å². The fourth-order valence-corrected chi connectivity index (χ4v) is 2.20. The maximum Gasteiger partial charge on any atom is 0.344 e. The summed E-state index contributed by atoms with van der Waals surface area (Å²) < 4.78 is 15.4. The van der Waals surface area contributed by atoms with E-state index in [0.717, 1.165) is 0 Å². The van der Waals surface area contributed by atoms with Crippen molar-refractivity contribution in [3.05, 3.63) is 59.7 Å². The minimum absolute atomic E-state index is 0.0539. The number of hydrogen-bond donors (Lipinski definition) is 0. The van der Waals surface area contributed by atoms with Gasteiger partial charge in [0.2, 0.25) is 5.78 Å². The summed E-state index contributed by atoms with van der Waals surface area (Å²) in [4.78, 5) is 35.3. The van der Waals surface area contributed by atoms with Crippen LogP contribution in [0.1, 0.15) is 34.6 Å². The highest BCUT2D eigenvalue weighted by Gasteiger charge is 2.20. The number of carbonyl (C=O) groups excluding carboxylic acids is 3. The van der Waals surface area contributed by atoms with Crippen LogP contribution in [-0.4, -0.2) is 37.4 Å². The van der Waals surface area contributed by atoms with Gasteiger partial charge >= 0.3 is 5.97 Å². The molecular formula is C20H20O6. The molecular weight excluding hydrogens is 336 g/mol. The standard InChI is InChI=1S/C20H20O6/c1-13(21)15-4-10-18(11-5-15)25-12-19(22)26-14(2)20(23)16-6-8-17(24-3)9-7-16/h4-11,14H,12H2,1-3H3. The number of carbonyl (C=O) groups is 3. The van der Waals surface area contributed by atoms with Crippen LogP contribution in [0, 0.1) is 0 Å². The van der Waals surface area contributed by atoms with E-state index in [9.17, 15) is 14.4 Å². The van der Waals surface area contributed by atoms with Gasteiger partial charge in [0.25, 0.3) is 0 Å². The number of ether oxygens (including phenoxy) is 3. The summed E-state index contributed by atoms with van der Waals surface area (Å²) in [6.07, 6.45) is -0.931. The molecule has 0 aliphatic carbocycles. The Morgan fingerprint density at radius 3 is 1.96 bits per heavy atom. The Kier molecular flexibility index (Phi) is 6.49. The summed E-state index contributed by atoms with van der Waals surface area (Å²) in [7, 11) is 1.54. The molecule has 0 radical (unpaired) electrons. The Balaban J connectivity index is 1.85. The number of benzene rings is 2. The van der Waals surface area contributed by atoms with Crippen LogP contribution < -0.4 is 9.47 Å². The van der Waals surface area contributed by atoms with Crippen molar-refractivity contribution in [1.29, 1.82) is 0 Å². The fraction of sp³-hybridized carbons (Fsp3) is 0.250. The molecule has 0 saturated heterocycles. The minimum Gasteiger partial charge on any atom is -0.497 e. The third-order valence-corrected chi connectivity index (χ3v) is 3.67. The Hall–Kier alpha value is -3.15. The topological polar surface area (TPSA) is 78.9 Å². The molecule has 0 aliphatic rings. The van der Waals surface area contributed by atoms with Gasteiger partial charge in [-0.3, -0.25) is 9.59 Å². The highest BCUT2D eigenvalue weighted by Crippen LogP contribution is 2.15. The highest BCUT2D eigenvalue weighted by molar-refractivity contribution is 6.00. The molecule has 0 saturated carbocycles. The van der Waals surface area contributed by atoms with Crippen molar-refractivity contribution in [1.82, 2.24) is 0 Å². The van der Waals surface area contributed by atoms with Crippen LogP contribution in [0.5, 0.6) is 11.5 Å². The lowest BCUT2D eigenvalue weighted by Gasteiger charge is -2.13. The number of methoxy groups -OCH3 is 1. The van der Waals surface area contributed by atoms with E-state index in [1.165, 1.54) is 21.0 Å². The van der Waals surface area contributed by atoms with E-state index in [1.54, 1.807) is 48.5 Å². The predicted octanol–water partition coefficient (Wildman–Crippen LogP) is 3.09. The molecule has 2 aromatic carbocycles.